The molecule has 0 bridgehead atoms. The molecule has 0 unspecified atom stereocenters. The summed E-state index contributed by atoms with van der Waals surface area (Å²) in [5.41, 5.74) is -1.81. The van der Waals surface area contributed by atoms with E-state index in [-0.39, 0.29) is 12.1 Å². The highest BCUT2D eigenvalue weighted by Gasteiger charge is 2.40. The number of nitrogen functional groups attached to an aromatic ring is 1. The van der Waals surface area contributed by atoms with Gasteiger partial charge >= 0.3 is 12.4 Å². The highest BCUT2D eigenvalue weighted by Crippen LogP contribution is 2.42. The van der Waals surface area contributed by atoms with E-state index in [0.717, 1.165) is 0 Å². The van der Waals surface area contributed by atoms with Crippen LogP contribution in [0.1, 0.15) is 23.1 Å². The summed E-state index contributed by atoms with van der Waals surface area (Å²) >= 11 is 0. The summed E-state index contributed by atoms with van der Waals surface area (Å²) in [7, 11) is 0. The molecule has 0 saturated heterocycles. The second-order valence-corrected chi connectivity index (χ2v) is 3.32. The van der Waals surface area contributed by atoms with Crippen LogP contribution in [0.15, 0.2) is 12.1 Å². The molecule has 1 aromatic carbocycles. The number of benzene rings is 1. The Morgan fingerprint density at radius 2 is 1.39 bits per heavy atom. The van der Waals surface area contributed by atoms with Crippen LogP contribution >= 0.6 is 0 Å². The monoisotopic (exact) mass is 279 g/mol. The van der Waals surface area contributed by atoms with Crippen LogP contribution in [0.2, 0.25) is 0 Å². The van der Waals surface area contributed by atoms with E-state index in [9.17, 15) is 35.1 Å². The third kappa shape index (κ3) is 2.82. The number of anilines is 1. The maximum atomic E-state index is 12.4. The fourth-order valence-electron chi connectivity index (χ4n) is 1.25. The quantitative estimate of drug-likeness (QED) is 0.603. The average molecular weight is 279 g/mol. The topological polar surface area (TPSA) is 26.0 Å². The van der Waals surface area contributed by atoms with Crippen LogP contribution in [-0.4, -0.2) is 0 Å². The van der Waals surface area contributed by atoms with Gasteiger partial charge in [-0.15, -0.1) is 0 Å². The van der Waals surface area contributed by atoms with E-state index in [1.54, 1.807) is 0 Å². The van der Waals surface area contributed by atoms with E-state index in [1.807, 2.05) is 0 Å². The molecule has 1 rings (SSSR count). The molecule has 0 aliphatic rings. The average Bonchev–Trinajstić information content (AvgIpc) is 2.13. The summed E-state index contributed by atoms with van der Waals surface area (Å²) in [5.74, 6) is 0. The number of nitrogens with two attached hydrogens (primary N) is 1. The Kier molecular flexibility index (Phi) is 3.46. The van der Waals surface area contributed by atoms with Gasteiger partial charge in [-0.2, -0.15) is 26.3 Å². The standard InChI is InChI=1S/C9H5F8N/c10-7(11)4-1-3(8(12,13)14)2-5(6(4)18)9(15,16)17/h1-2,7H,18H2. The Morgan fingerprint density at radius 3 is 1.72 bits per heavy atom. The summed E-state index contributed by atoms with van der Waals surface area (Å²) < 4.78 is 98.6. The molecule has 0 aliphatic carbocycles. The molecule has 0 heterocycles. The van der Waals surface area contributed by atoms with Gasteiger partial charge in [-0.1, -0.05) is 0 Å². The fourth-order valence-corrected chi connectivity index (χ4v) is 1.25. The van der Waals surface area contributed by atoms with E-state index < -0.39 is 41.2 Å². The molecule has 102 valence electrons. The molecular formula is C9H5F8N. The molecule has 0 atom stereocenters. The smallest absolute Gasteiger partial charge is 0.398 e. The van der Waals surface area contributed by atoms with Gasteiger partial charge < -0.3 is 5.73 Å². The van der Waals surface area contributed by atoms with E-state index in [0.29, 0.717) is 0 Å². The Bertz CT molecular complexity index is 445. The normalized spacial score (nSPS) is 13.2. The molecule has 0 aromatic heterocycles. The first-order valence-electron chi connectivity index (χ1n) is 4.30. The van der Waals surface area contributed by atoms with E-state index in [4.69, 9.17) is 5.73 Å². The van der Waals surface area contributed by atoms with Crippen molar-refractivity contribution in [2.45, 2.75) is 18.8 Å². The lowest BCUT2D eigenvalue weighted by Gasteiger charge is -2.17. The Morgan fingerprint density at radius 1 is 0.889 bits per heavy atom. The van der Waals surface area contributed by atoms with Crippen molar-refractivity contribution in [2.75, 3.05) is 5.73 Å². The van der Waals surface area contributed by atoms with Crippen molar-refractivity contribution in [3.05, 3.63) is 28.8 Å². The largest absolute Gasteiger partial charge is 0.418 e. The Balaban J connectivity index is 3.58. The van der Waals surface area contributed by atoms with Crippen LogP contribution in [0.25, 0.3) is 0 Å². The van der Waals surface area contributed by atoms with E-state index in [2.05, 4.69) is 0 Å². The van der Waals surface area contributed by atoms with Crippen molar-refractivity contribution in [3.8, 4) is 0 Å². The molecule has 0 amide bonds. The van der Waals surface area contributed by atoms with E-state index in [1.165, 1.54) is 0 Å². The SMILES string of the molecule is Nc1c(C(F)F)cc(C(F)(F)F)cc1C(F)(F)F. The summed E-state index contributed by atoms with van der Waals surface area (Å²) in [5, 5.41) is 0. The fraction of sp³-hybridized carbons (Fsp3) is 0.333. The number of hydrogen-bond donors (Lipinski definition) is 1. The second-order valence-electron chi connectivity index (χ2n) is 3.32. The zero-order valence-electron chi connectivity index (χ0n) is 8.33. The highest BCUT2D eigenvalue weighted by atomic mass is 19.4. The number of halogens is 8. The Hall–Kier alpha value is -1.54. The van der Waals surface area contributed by atoms with E-state index >= 15 is 0 Å². The molecule has 0 radical (unpaired) electrons. The van der Waals surface area contributed by atoms with Crippen LogP contribution in [0.4, 0.5) is 40.8 Å². The summed E-state index contributed by atoms with van der Waals surface area (Å²) in [6.45, 7) is 0. The van der Waals surface area contributed by atoms with Gasteiger partial charge in [0.1, 0.15) is 0 Å². The highest BCUT2D eigenvalue weighted by molar-refractivity contribution is 5.58. The molecule has 2 N–H and O–H groups in total. The molecule has 0 aliphatic heterocycles. The minimum Gasteiger partial charge on any atom is -0.398 e. The van der Waals surface area contributed by atoms with Crippen LogP contribution in [0.5, 0.6) is 0 Å². The van der Waals surface area contributed by atoms with Gasteiger partial charge in [0.15, 0.2) is 0 Å². The van der Waals surface area contributed by atoms with Gasteiger partial charge in [-0.05, 0) is 12.1 Å². The molecule has 9 heteroatoms. The lowest BCUT2D eigenvalue weighted by molar-refractivity contribution is -0.142. The molecule has 1 aromatic rings. The molecule has 0 spiro atoms. The third-order valence-corrected chi connectivity index (χ3v) is 2.08. The van der Waals surface area contributed by atoms with Crippen molar-refractivity contribution in [2.24, 2.45) is 0 Å². The predicted molar refractivity (Wildman–Crippen MR) is 45.8 cm³/mol. The van der Waals surface area contributed by atoms with Crippen molar-refractivity contribution < 1.29 is 35.1 Å². The molecular weight excluding hydrogens is 274 g/mol. The second kappa shape index (κ2) is 4.29. The molecule has 0 fully saturated rings. The van der Waals surface area contributed by atoms with Crippen LogP contribution in [0.3, 0.4) is 0 Å². The number of hydrogen-bond acceptors (Lipinski definition) is 1. The zero-order chi connectivity index (χ0) is 14.3. The summed E-state index contributed by atoms with van der Waals surface area (Å²) in [4.78, 5) is 0. The van der Waals surface area contributed by atoms with Gasteiger partial charge in [-0.3, -0.25) is 0 Å². The number of rotatable bonds is 1. The van der Waals surface area contributed by atoms with Gasteiger partial charge in [0.2, 0.25) is 0 Å². The van der Waals surface area contributed by atoms with Crippen molar-refractivity contribution in [1.82, 2.24) is 0 Å². The van der Waals surface area contributed by atoms with Crippen molar-refractivity contribution in [1.29, 1.82) is 0 Å². The first kappa shape index (κ1) is 14.5. The minimum atomic E-state index is -5.24. The Labute approximate surface area is 95.2 Å². The van der Waals surface area contributed by atoms with Crippen LogP contribution in [0, 0.1) is 0 Å². The first-order chi connectivity index (χ1) is 7.94. The lowest BCUT2D eigenvalue weighted by Crippen LogP contribution is -2.15. The maximum Gasteiger partial charge on any atom is 0.418 e. The predicted octanol–water partition coefficient (Wildman–Crippen LogP) is 4.24. The van der Waals surface area contributed by atoms with Crippen LogP contribution < -0.4 is 5.73 Å². The zero-order valence-corrected chi connectivity index (χ0v) is 8.33. The van der Waals surface area contributed by atoms with Gasteiger partial charge in [0, 0.05) is 5.56 Å². The first-order valence-corrected chi connectivity index (χ1v) is 4.30. The van der Waals surface area contributed by atoms with Crippen LogP contribution in [-0.2, 0) is 12.4 Å². The molecule has 1 nitrogen and oxygen atoms in total. The summed E-state index contributed by atoms with van der Waals surface area (Å²) in [6, 6.07) is -0.379. The van der Waals surface area contributed by atoms with Gasteiger partial charge in [0.25, 0.3) is 6.43 Å². The molecule has 0 saturated carbocycles. The maximum absolute atomic E-state index is 12.4. The molecule has 18 heavy (non-hydrogen) atoms. The third-order valence-electron chi connectivity index (χ3n) is 2.08. The van der Waals surface area contributed by atoms with Crippen molar-refractivity contribution in [3.63, 3.8) is 0 Å². The van der Waals surface area contributed by atoms with Crippen molar-refractivity contribution >= 4 is 5.69 Å². The van der Waals surface area contributed by atoms with Gasteiger partial charge in [-0.25, -0.2) is 8.78 Å². The lowest BCUT2D eigenvalue weighted by atomic mass is 10.0. The number of alkyl halides is 8. The summed E-state index contributed by atoms with van der Waals surface area (Å²) in [6.07, 6.45) is -13.9. The van der Waals surface area contributed by atoms with Gasteiger partial charge in [0.05, 0.1) is 16.8 Å². The minimum absolute atomic E-state index is 0.0881.